The van der Waals surface area contributed by atoms with Crippen LogP contribution in [0.25, 0.3) is 0 Å². The van der Waals surface area contributed by atoms with Gasteiger partial charge >= 0.3 is 5.97 Å². The van der Waals surface area contributed by atoms with Gasteiger partial charge in [0.05, 0.1) is 5.56 Å². The third-order valence-electron chi connectivity index (χ3n) is 2.92. The first-order chi connectivity index (χ1) is 9.08. The summed E-state index contributed by atoms with van der Waals surface area (Å²) in [6, 6.07) is 12.4. The van der Waals surface area contributed by atoms with E-state index >= 15 is 0 Å². The van der Waals surface area contributed by atoms with Gasteiger partial charge < -0.3 is 4.74 Å². The van der Waals surface area contributed by atoms with Crippen LogP contribution in [0.15, 0.2) is 42.5 Å². The van der Waals surface area contributed by atoms with Crippen LogP contribution < -0.4 is 0 Å². The lowest BCUT2D eigenvalue weighted by Gasteiger charge is -2.09. The van der Waals surface area contributed by atoms with Crippen LogP contribution in [0.4, 0.5) is 4.39 Å². The molecule has 0 amide bonds. The molecule has 0 aliphatic carbocycles. The van der Waals surface area contributed by atoms with Crippen LogP contribution in [0.3, 0.4) is 0 Å². The van der Waals surface area contributed by atoms with Gasteiger partial charge in [-0.1, -0.05) is 30.3 Å². The van der Waals surface area contributed by atoms with Crippen molar-refractivity contribution in [1.29, 1.82) is 0 Å². The summed E-state index contributed by atoms with van der Waals surface area (Å²) >= 11 is 0. The van der Waals surface area contributed by atoms with Crippen molar-refractivity contribution < 1.29 is 13.9 Å². The zero-order valence-electron chi connectivity index (χ0n) is 10.9. The Kier molecular flexibility index (Phi) is 3.95. The number of halogens is 1. The summed E-state index contributed by atoms with van der Waals surface area (Å²) in [5, 5.41) is 0. The van der Waals surface area contributed by atoms with Crippen molar-refractivity contribution in [3.05, 3.63) is 70.5 Å². The molecule has 3 heteroatoms. The zero-order valence-corrected chi connectivity index (χ0v) is 10.9. The van der Waals surface area contributed by atoms with Gasteiger partial charge in [-0.15, -0.1) is 0 Å². The van der Waals surface area contributed by atoms with E-state index in [-0.39, 0.29) is 18.0 Å². The average Bonchev–Trinajstić information content (AvgIpc) is 2.41. The van der Waals surface area contributed by atoms with Gasteiger partial charge in [-0.2, -0.15) is 0 Å². The van der Waals surface area contributed by atoms with Gasteiger partial charge in [-0.3, -0.25) is 0 Å². The minimum absolute atomic E-state index is 0.189. The number of ether oxygens (including phenoxy) is 1. The summed E-state index contributed by atoms with van der Waals surface area (Å²) in [6.07, 6.45) is 0. The van der Waals surface area contributed by atoms with E-state index in [1.54, 1.807) is 19.9 Å². The van der Waals surface area contributed by atoms with E-state index in [9.17, 15) is 9.18 Å². The van der Waals surface area contributed by atoms with Crippen LogP contribution in [0.2, 0.25) is 0 Å². The molecular weight excluding hydrogens is 243 g/mol. The fourth-order valence-electron chi connectivity index (χ4n) is 1.83. The van der Waals surface area contributed by atoms with E-state index in [2.05, 4.69) is 0 Å². The number of aryl methyl sites for hydroxylation is 1. The van der Waals surface area contributed by atoms with E-state index in [0.717, 1.165) is 5.56 Å². The van der Waals surface area contributed by atoms with Crippen LogP contribution in [-0.4, -0.2) is 5.97 Å². The fourth-order valence-corrected chi connectivity index (χ4v) is 1.83. The third kappa shape index (κ3) is 3.19. The molecule has 0 fully saturated rings. The average molecular weight is 258 g/mol. The molecule has 0 spiro atoms. The molecule has 0 aliphatic rings. The van der Waals surface area contributed by atoms with Crippen molar-refractivity contribution in [2.75, 3.05) is 0 Å². The standard InChI is InChI=1S/C16H15FO2/c1-11-8-14(12(2)15(17)9-11)16(18)19-10-13-6-4-3-5-7-13/h3-9H,10H2,1-2H3. The van der Waals surface area contributed by atoms with E-state index in [0.29, 0.717) is 11.1 Å². The van der Waals surface area contributed by atoms with Crippen LogP contribution in [0.1, 0.15) is 27.0 Å². The Bertz CT molecular complexity index is 591. The third-order valence-corrected chi connectivity index (χ3v) is 2.92. The molecule has 0 saturated heterocycles. The molecule has 98 valence electrons. The lowest BCUT2D eigenvalue weighted by Crippen LogP contribution is -2.08. The normalized spacial score (nSPS) is 10.3. The topological polar surface area (TPSA) is 26.3 Å². The van der Waals surface area contributed by atoms with E-state index in [1.165, 1.54) is 6.07 Å². The minimum Gasteiger partial charge on any atom is -0.457 e. The summed E-state index contributed by atoms with van der Waals surface area (Å²) in [4.78, 5) is 12.0. The quantitative estimate of drug-likeness (QED) is 0.783. The molecule has 0 heterocycles. The molecule has 0 aromatic heterocycles. The molecule has 0 atom stereocenters. The number of esters is 1. The van der Waals surface area contributed by atoms with Crippen molar-refractivity contribution in [3.63, 3.8) is 0 Å². The predicted molar refractivity (Wildman–Crippen MR) is 71.4 cm³/mol. The Morgan fingerprint density at radius 1 is 1.16 bits per heavy atom. The van der Waals surface area contributed by atoms with Gasteiger partial charge in [-0.25, -0.2) is 9.18 Å². The van der Waals surface area contributed by atoms with Gasteiger partial charge in [0, 0.05) is 0 Å². The number of carbonyl (C=O) groups excluding carboxylic acids is 1. The molecule has 0 N–H and O–H groups in total. The number of hydrogen-bond acceptors (Lipinski definition) is 2. The smallest absolute Gasteiger partial charge is 0.338 e. The Hall–Kier alpha value is -2.16. The molecule has 19 heavy (non-hydrogen) atoms. The van der Waals surface area contributed by atoms with Crippen LogP contribution >= 0.6 is 0 Å². The number of hydrogen-bond donors (Lipinski definition) is 0. The molecule has 0 unspecified atom stereocenters. The second-order valence-corrected chi connectivity index (χ2v) is 4.48. The van der Waals surface area contributed by atoms with Gasteiger partial charge in [0.2, 0.25) is 0 Å². The summed E-state index contributed by atoms with van der Waals surface area (Å²) in [5.41, 5.74) is 2.22. The maximum Gasteiger partial charge on any atom is 0.338 e. The van der Waals surface area contributed by atoms with Gasteiger partial charge in [0.15, 0.2) is 0 Å². The summed E-state index contributed by atoms with van der Waals surface area (Å²) in [6.45, 7) is 3.51. The van der Waals surface area contributed by atoms with Gasteiger partial charge in [-0.05, 0) is 42.7 Å². The molecule has 2 aromatic rings. The number of rotatable bonds is 3. The molecule has 2 rings (SSSR count). The van der Waals surface area contributed by atoms with Gasteiger partial charge in [0.25, 0.3) is 0 Å². The summed E-state index contributed by atoms with van der Waals surface area (Å²) < 4.78 is 18.8. The highest BCUT2D eigenvalue weighted by Crippen LogP contribution is 2.17. The monoisotopic (exact) mass is 258 g/mol. The van der Waals surface area contributed by atoms with Gasteiger partial charge in [0.1, 0.15) is 12.4 Å². The maximum atomic E-state index is 13.6. The second-order valence-electron chi connectivity index (χ2n) is 4.48. The SMILES string of the molecule is Cc1cc(F)c(C)c(C(=O)OCc2ccccc2)c1. The first kappa shape index (κ1) is 13.3. The molecular formula is C16H15FO2. The Morgan fingerprint density at radius 2 is 1.84 bits per heavy atom. The van der Waals surface area contributed by atoms with Crippen molar-refractivity contribution in [1.82, 2.24) is 0 Å². The largest absolute Gasteiger partial charge is 0.457 e. The highest BCUT2D eigenvalue weighted by molar-refractivity contribution is 5.91. The van der Waals surface area contributed by atoms with E-state index < -0.39 is 5.97 Å². The molecule has 0 bridgehead atoms. The van der Waals surface area contributed by atoms with Crippen LogP contribution in [0.5, 0.6) is 0 Å². The maximum absolute atomic E-state index is 13.6. The fraction of sp³-hybridized carbons (Fsp3) is 0.188. The number of benzene rings is 2. The molecule has 0 saturated carbocycles. The molecule has 2 nitrogen and oxygen atoms in total. The first-order valence-electron chi connectivity index (χ1n) is 6.05. The predicted octanol–water partition coefficient (Wildman–Crippen LogP) is 3.80. The lowest BCUT2D eigenvalue weighted by molar-refractivity contribution is 0.0471. The Balaban J connectivity index is 2.13. The Labute approximate surface area is 111 Å². The number of carbonyl (C=O) groups is 1. The Morgan fingerprint density at radius 3 is 2.53 bits per heavy atom. The van der Waals surface area contributed by atoms with E-state index in [4.69, 9.17) is 4.74 Å². The molecule has 2 aromatic carbocycles. The highest BCUT2D eigenvalue weighted by Gasteiger charge is 2.14. The summed E-state index contributed by atoms with van der Waals surface area (Å²) in [5.74, 6) is -0.879. The molecule has 0 radical (unpaired) electrons. The second kappa shape index (κ2) is 5.65. The van der Waals surface area contributed by atoms with Crippen molar-refractivity contribution in [2.45, 2.75) is 20.5 Å². The minimum atomic E-state index is -0.496. The van der Waals surface area contributed by atoms with Crippen molar-refractivity contribution >= 4 is 5.97 Å². The first-order valence-corrected chi connectivity index (χ1v) is 6.05. The van der Waals surface area contributed by atoms with Crippen LogP contribution in [-0.2, 0) is 11.3 Å². The van der Waals surface area contributed by atoms with E-state index in [1.807, 2.05) is 30.3 Å². The molecule has 0 aliphatic heterocycles. The zero-order chi connectivity index (χ0) is 13.8. The van der Waals surface area contributed by atoms with Crippen LogP contribution in [0, 0.1) is 19.7 Å². The highest BCUT2D eigenvalue weighted by atomic mass is 19.1. The van der Waals surface area contributed by atoms with Crippen molar-refractivity contribution in [3.8, 4) is 0 Å². The summed E-state index contributed by atoms with van der Waals surface area (Å²) in [7, 11) is 0. The lowest BCUT2D eigenvalue weighted by atomic mass is 10.1. The van der Waals surface area contributed by atoms with Crippen molar-refractivity contribution in [2.24, 2.45) is 0 Å².